The van der Waals surface area contributed by atoms with E-state index in [0.29, 0.717) is 6.42 Å². The number of ketones is 1. The van der Waals surface area contributed by atoms with E-state index in [1.807, 2.05) is 0 Å². The molecule has 20 heavy (non-hydrogen) atoms. The van der Waals surface area contributed by atoms with Crippen LogP contribution in [0.25, 0.3) is 0 Å². The molecule has 1 N–H and O–H groups in total. The van der Waals surface area contributed by atoms with E-state index < -0.39 is 5.60 Å². The standard InChI is InChI=1S/C18H28O2/c1-15(2)6-12-7-17(5)9-16(3,4)10-18(20,11-17)14(12)13(19)8-15/h20H,6-11H2,1-5H3/t17-,18+/m0/s1. The van der Waals surface area contributed by atoms with E-state index in [1.165, 1.54) is 5.57 Å². The minimum Gasteiger partial charge on any atom is -0.385 e. The van der Waals surface area contributed by atoms with Crippen LogP contribution in [0.5, 0.6) is 0 Å². The largest absolute Gasteiger partial charge is 0.385 e. The predicted molar refractivity (Wildman–Crippen MR) is 80.4 cm³/mol. The van der Waals surface area contributed by atoms with Gasteiger partial charge in [0.2, 0.25) is 0 Å². The van der Waals surface area contributed by atoms with E-state index in [1.54, 1.807) is 0 Å². The third-order valence-corrected chi connectivity index (χ3v) is 5.46. The van der Waals surface area contributed by atoms with Crippen LogP contribution in [0.3, 0.4) is 0 Å². The van der Waals surface area contributed by atoms with E-state index in [2.05, 4.69) is 34.6 Å². The molecule has 0 saturated heterocycles. The highest BCUT2D eigenvalue weighted by molar-refractivity contribution is 5.99. The molecule has 0 radical (unpaired) electrons. The van der Waals surface area contributed by atoms with Gasteiger partial charge in [-0.25, -0.2) is 0 Å². The van der Waals surface area contributed by atoms with E-state index in [-0.39, 0.29) is 22.0 Å². The van der Waals surface area contributed by atoms with Gasteiger partial charge in [0.25, 0.3) is 0 Å². The number of carbonyl (C=O) groups excluding carboxylic acids is 1. The first-order valence-electron chi connectivity index (χ1n) is 7.92. The summed E-state index contributed by atoms with van der Waals surface area (Å²) >= 11 is 0. The molecular weight excluding hydrogens is 248 g/mol. The van der Waals surface area contributed by atoms with Gasteiger partial charge >= 0.3 is 0 Å². The molecule has 2 atom stereocenters. The number of allylic oxidation sites excluding steroid dienone is 1. The maximum atomic E-state index is 12.6. The highest BCUT2D eigenvalue weighted by Crippen LogP contribution is 2.61. The Labute approximate surface area is 122 Å². The predicted octanol–water partition coefficient (Wildman–Crippen LogP) is 4.02. The van der Waals surface area contributed by atoms with Crippen LogP contribution in [0, 0.1) is 16.2 Å². The average molecular weight is 276 g/mol. The van der Waals surface area contributed by atoms with Crippen molar-refractivity contribution in [2.24, 2.45) is 16.2 Å². The average Bonchev–Trinajstić information content (AvgIpc) is 2.05. The third kappa shape index (κ3) is 2.16. The van der Waals surface area contributed by atoms with Gasteiger partial charge < -0.3 is 5.11 Å². The zero-order valence-electron chi connectivity index (χ0n) is 13.6. The topological polar surface area (TPSA) is 37.3 Å². The summed E-state index contributed by atoms with van der Waals surface area (Å²) in [6.45, 7) is 11.1. The van der Waals surface area contributed by atoms with Gasteiger partial charge in [0.05, 0.1) is 5.60 Å². The van der Waals surface area contributed by atoms with Gasteiger partial charge in [-0.2, -0.15) is 0 Å². The zero-order valence-corrected chi connectivity index (χ0v) is 13.6. The zero-order chi connectivity index (χ0) is 15.0. The van der Waals surface area contributed by atoms with Crippen molar-refractivity contribution in [3.8, 4) is 0 Å². The van der Waals surface area contributed by atoms with Gasteiger partial charge in [0.1, 0.15) is 0 Å². The Balaban J connectivity index is 2.12. The summed E-state index contributed by atoms with van der Waals surface area (Å²) in [5, 5.41) is 11.3. The molecule has 2 bridgehead atoms. The van der Waals surface area contributed by atoms with Crippen molar-refractivity contribution < 1.29 is 9.90 Å². The second-order valence-electron chi connectivity index (χ2n) is 9.63. The van der Waals surface area contributed by atoms with Crippen LogP contribution in [-0.4, -0.2) is 16.5 Å². The van der Waals surface area contributed by atoms with Crippen molar-refractivity contribution in [1.82, 2.24) is 0 Å². The number of fused-ring (bicyclic) bond motifs is 3. The molecule has 0 aliphatic heterocycles. The molecular formula is C18H28O2. The first-order chi connectivity index (χ1) is 8.94. The molecule has 1 saturated carbocycles. The number of rotatable bonds is 0. The van der Waals surface area contributed by atoms with Gasteiger partial charge in [-0.05, 0) is 48.3 Å². The highest BCUT2D eigenvalue weighted by atomic mass is 16.3. The summed E-state index contributed by atoms with van der Waals surface area (Å²) < 4.78 is 0. The smallest absolute Gasteiger partial charge is 0.162 e. The summed E-state index contributed by atoms with van der Waals surface area (Å²) in [5.41, 5.74) is 1.54. The Morgan fingerprint density at radius 3 is 2.15 bits per heavy atom. The van der Waals surface area contributed by atoms with E-state index in [4.69, 9.17) is 0 Å². The van der Waals surface area contributed by atoms with Crippen LogP contribution in [0.15, 0.2) is 11.1 Å². The lowest BCUT2D eigenvalue weighted by molar-refractivity contribution is -0.127. The van der Waals surface area contributed by atoms with Gasteiger partial charge in [-0.15, -0.1) is 0 Å². The van der Waals surface area contributed by atoms with Crippen molar-refractivity contribution in [3.05, 3.63) is 11.1 Å². The van der Waals surface area contributed by atoms with Crippen LogP contribution < -0.4 is 0 Å². The van der Waals surface area contributed by atoms with Gasteiger partial charge in [0, 0.05) is 12.0 Å². The van der Waals surface area contributed by atoms with Crippen LogP contribution in [0.2, 0.25) is 0 Å². The minimum atomic E-state index is -0.863. The molecule has 112 valence electrons. The van der Waals surface area contributed by atoms with Gasteiger partial charge in [-0.1, -0.05) is 40.2 Å². The summed E-state index contributed by atoms with van der Waals surface area (Å²) in [6, 6.07) is 0. The monoisotopic (exact) mass is 276 g/mol. The van der Waals surface area contributed by atoms with Crippen LogP contribution >= 0.6 is 0 Å². The molecule has 0 amide bonds. The van der Waals surface area contributed by atoms with Crippen molar-refractivity contribution in [2.45, 2.75) is 78.7 Å². The molecule has 0 aromatic rings. The molecule has 3 aliphatic rings. The molecule has 0 spiro atoms. The van der Waals surface area contributed by atoms with Crippen molar-refractivity contribution in [3.63, 3.8) is 0 Å². The first kappa shape index (κ1) is 14.3. The second kappa shape index (κ2) is 3.76. The van der Waals surface area contributed by atoms with E-state index >= 15 is 0 Å². The minimum absolute atomic E-state index is 0.0593. The molecule has 0 unspecified atom stereocenters. The van der Waals surface area contributed by atoms with Crippen molar-refractivity contribution in [1.29, 1.82) is 0 Å². The van der Waals surface area contributed by atoms with Crippen LogP contribution in [0.1, 0.15) is 73.1 Å². The van der Waals surface area contributed by atoms with Gasteiger partial charge in [-0.3, -0.25) is 4.79 Å². The Morgan fingerprint density at radius 2 is 1.50 bits per heavy atom. The maximum Gasteiger partial charge on any atom is 0.162 e. The number of aliphatic hydroxyl groups is 1. The van der Waals surface area contributed by atoms with Crippen molar-refractivity contribution in [2.75, 3.05) is 0 Å². The number of Topliss-reactive ketones (excluding diaryl/α,β-unsaturated/α-hetero) is 1. The molecule has 1 fully saturated rings. The summed E-state index contributed by atoms with van der Waals surface area (Å²) in [6.07, 6.45) is 5.23. The lowest BCUT2D eigenvalue weighted by Crippen LogP contribution is -2.54. The molecule has 2 heteroatoms. The van der Waals surface area contributed by atoms with Gasteiger partial charge in [0.15, 0.2) is 5.78 Å². The van der Waals surface area contributed by atoms with E-state index in [9.17, 15) is 9.90 Å². The Morgan fingerprint density at radius 1 is 0.850 bits per heavy atom. The Kier molecular flexibility index (Phi) is 2.69. The molecule has 2 nitrogen and oxygen atoms in total. The van der Waals surface area contributed by atoms with Crippen molar-refractivity contribution >= 4 is 5.78 Å². The highest BCUT2D eigenvalue weighted by Gasteiger charge is 2.56. The van der Waals surface area contributed by atoms with E-state index in [0.717, 1.165) is 37.7 Å². The lowest BCUT2D eigenvalue weighted by Gasteiger charge is -2.57. The maximum absolute atomic E-state index is 12.6. The molecule has 0 aromatic heterocycles. The fraction of sp³-hybridized carbons (Fsp3) is 0.833. The third-order valence-electron chi connectivity index (χ3n) is 5.46. The molecule has 3 aliphatic carbocycles. The van der Waals surface area contributed by atoms with Crippen LogP contribution in [-0.2, 0) is 4.79 Å². The number of carbonyl (C=O) groups is 1. The second-order valence-corrected chi connectivity index (χ2v) is 9.63. The fourth-order valence-electron chi connectivity index (χ4n) is 5.85. The molecule has 3 rings (SSSR count). The fourth-order valence-corrected chi connectivity index (χ4v) is 5.85. The number of hydrogen-bond acceptors (Lipinski definition) is 2. The summed E-state index contributed by atoms with van der Waals surface area (Å²) in [7, 11) is 0. The summed E-state index contributed by atoms with van der Waals surface area (Å²) in [4.78, 5) is 12.6. The summed E-state index contributed by atoms with van der Waals surface area (Å²) in [5.74, 6) is 0.207. The Hall–Kier alpha value is -0.630. The molecule has 0 aromatic carbocycles. The quantitative estimate of drug-likeness (QED) is 0.725. The lowest BCUT2D eigenvalue weighted by atomic mass is 9.49. The SMILES string of the molecule is CC1(C)CC(=O)C2=C(C1)C[C@@]1(C)CC(C)(C)C[C@@]2(O)C1. The Bertz CT molecular complexity index is 512. The normalized spacial score (nSPS) is 42.4. The number of hydrogen-bond donors (Lipinski definition) is 1. The first-order valence-corrected chi connectivity index (χ1v) is 7.92. The molecule has 0 heterocycles. The van der Waals surface area contributed by atoms with Crippen LogP contribution in [0.4, 0.5) is 0 Å².